The summed E-state index contributed by atoms with van der Waals surface area (Å²) in [5, 5.41) is 25.9. The lowest BCUT2D eigenvalue weighted by Crippen LogP contribution is -1.99. The molecule has 0 fully saturated rings. The van der Waals surface area contributed by atoms with Crippen LogP contribution in [0.5, 0.6) is 11.5 Å². The first kappa shape index (κ1) is 21.0. The molecule has 0 radical (unpaired) electrons. The monoisotopic (exact) mass is 440 g/mol. The summed E-state index contributed by atoms with van der Waals surface area (Å²) in [5.74, 6) is 3.03. The third-order valence-corrected chi connectivity index (χ3v) is 6.63. The van der Waals surface area contributed by atoms with Crippen LogP contribution in [-0.2, 0) is 0 Å². The quantitative estimate of drug-likeness (QED) is 0.333. The molecule has 1 aromatic heterocycles. The first-order chi connectivity index (χ1) is 14.3. The fraction of sp³-hybridized carbons (Fsp3) is 0.200. The fourth-order valence-corrected chi connectivity index (χ4v) is 4.94. The predicted octanol–water partition coefficient (Wildman–Crippen LogP) is 4.62. The maximum Gasteiger partial charge on any atom is 0.175 e. The molecule has 146 valence electrons. The number of nitrogens with zero attached hydrogens (tertiary/aromatic N) is 4. The summed E-state index contributed by atoms with van der Waals surface area (Å²) >= 11 is 4.76. The van der Waals surface area contributed by atoms with Crippen molar-refractivity contribution >= 4 is 34.9 Å². The number of benzene rings is 2. The Balaban J connectivity index is 1.31. The van der Waals surface area contributed by atoms with Gasteiger partial charge in [0.15, 0.2) is 8.68 Å². The second-order valence-corrected chi connectivity index (χ2v) is 9.16. The molecule has 9 heteroatoms. The number of thioether (sulfide) groups is 2. The van der Waals surface area contributed by atoms with Gasteiger partial charge in [0, 0.05) is 11.5 Å². The number of rotatable bonds is 10. The van der Waals surface area contributed by atoms with E-state index in [-0.39, 0.29) is 0 Å². The molecule has 3 aromatic rings. The standard InChI is InChI=1S/C20H16N4O2S3/c21-13-15-1-5-17(6-2-15)25-9-11-27-19-23-24-20(29-19)28-12-10-26-18-7-3-16(14-22)4-8-18/h1-8H,9-12H2. The summed E-state index contributed by atoms with van der Waals surface area (Å²) in [6.45, 7) is 1.11. The maximum absolute atomic E-state index is 8.78. The Kier molecular flexibility index (Phi) is 8.20. The Morgan fingerprint density at radius 1 is 0.724 bits per heavy atom. The minimum atomic E-state index is 0.553. The van der Waals surface area contributed by atoms with Gasteiger partial charge in [0.05, 0.1) is 36.5 Å². The van der Waals surface area contributed by atoms with Crippen molar-refractivity contribution in [1.29, 1.82) is 10.5 Å². The van der Waals surface area contributed by atoms with Crippen molar-refractivity contribution in [1.82, 2.24) is 10.2 Å². The second kappa shape index (κ2) is 11.3. The largest absolute Gasteiger partial charge is 0.493 e. The van der Waals surface area contributed by atoms with E-state index in [0.717, 1.165) is 31.7 Å². The third-order valence-electron chi connectivity index (χ3n) is 3.51. The normalized spacial score (nSPS) is 10.1. The van der Waals surface area contributed by atoms with Gasteiger partial charge >= 0.3 is 0 Å². The van der Waals surface area contributed by atoms with Crippen LogP contribution in [0.25, 0.3) is 0 Å². The third kappa shape index (κ3) is 6.99. The Hall–Kier alpha value is -2.72. The van der Waals surface area contributed by atoms with Gasteiger partial charge in [0.2, 0.25) is 0 Å². The summed E-state index contributed by atoms with van der Waals surface area (Å²) < 4.78 is 13.1. The SMILES string of the molecule is N#Cc1ccc(OCCSc2nnc(SCCOc3ccc(C#N)cc3)s2)cc1. The molecule has 0 saturated carbocycles. The van der Waals surface area contributed by atoms with E-state index in [1.807, 2.05) is 0 Å². The van der Waals surface area contributed by atoms with E-state index in [9.17, 15) is 0 Å². The van der Waals surface area contributed by atoms with Crippen molar-refractivity contribution in [3.8, 4) is 23.6 Å². The van der Waals surface area contributed by atoms with Crippen LogP contribution in [-0.4, -0.2) is 34.9 Å². The van der Waals surface area contributed by atoms with Crippen molar-refractivity contribution in [3.05, 3.63) is 59.7 Å². The summed E-state index contributed by atoms with van der Waals surface area (Å²) in [6, 6.07) is 18.3. The average Bonchev–Trinajstić information content (AvgIpc) is 3.23. The molecule has 29 heavy (non-hydrogen) atoms. The molecular formula is C20H16N4O2S3. The van der Waals surface area contributed by atoms with E-state index < -0.39 is 0 Å². The highest BCUT2D eigenvalue weighted by Gasteiger charge is 2.06. The number of ether oxygens (including phenoxy) is 2. The van der Waals surface area contributed by atoms with E-state index in [1.54, 1.807) is 83.4 Å². The van der Waals surface area contributed by atoms with Gasteiger partial charge in [-0.3, -0.25) is 0 Å². The predicted molar refractivity (Wildman–Crippen MR) is 115 cm³/mol. The van der Waals surface area contributed by atoms with Gasteiger partial charge in [-0.1, -0.05) is 34.9 Å². The molecule has 0 aliphatic carbocycles. The Morgan fingerprint density at radius 2 is 1.14 bits per heavy atom. The van der Waals surface area contributed by atoms with Gasteiger partial charge in [-0.25, -0.2) is 0 Å². The molecule has 0 aliphatic heterocycles. The number of hydrogen-bond acceptors (Lipinski definition) is 9. The summed E-state index contributed by atoms with van der Waals surface area (Å²) in [7, 11) is 0. The first-order valence-corrected chi connectivity index (χ1v) is 11.4. The van der Waals surface area contributed by atoms with Crippen molar-refractivity contribution in [2.75, 3.05) is 24.7 Å². The summed E-state index contributed by atoms with van der Waals surface area (Å²) in [4.78, 5) is 0. The molecule has 3 rings (SSSR count). The zero-order valence-corrected chi connectivity index (χ0v) is 17.7. The van der Waals surface area contributed by atoms with Crippen LogP contribution in [0.15, 0.2) is 57.2 Å². The molecular weight excluding hydrogens is 424 g/mol. The van der Waals surface area contributed by atoms with Gasteiger partial charge < -0.3 is 9.47 Å². The van der Waals surface area contributed by atoms with Gasteiger partial charge in [-0.05, 0) is 48.5 Å². The van der Waals surface area contributed by atoms with Crippen LogP contribution in [0.3, 0.4) is 0 Å². The molecule has 0 saturated heterocycles. The molecule has 0 spiro atoms. The second-order valence-electron chi connectivity index (χ2n) is 5.50. The van der Waals surface area contributed by atoms with Crippen LogP contribution >= 0.6 is 34.9 Å². The maximum atomic E-state index is 8.78. The van der Waals surface area contributed by atoms with Crippen molar-refractivity contribution < 1.29 is 9.47 Å². The molecule has 2 aromatic carbocycles. The molecule has 0 atom stereocenters. The minimum Gasteiger partial charge on any atom is -0.493 e. The van der Waals surface area contributed by atoms with Crippen molar-refractivity contribution in [3.63, 3.8) is 0 Å². The van der Waals surface area contributed by atoms with E-state index in [4.69, 9.17) is 20.0 Å². The zero-order chi connectivity index (χ0) is 20.3. The zero-order valence-electron chi connectivity index (χ0n) is 15.3. The minimum absolute atomic E-state index is 0.553. The lowest BCUT2D eigenvalue weighted by Gasteiger charge is -2.04. The van der Waals surface area contributed by atoms with E-state index in [1.165, 1.54) is 0 Å². The Labute approximate surface area is 181 Å². The van der Waals surface area contributed by atoms with E-state index in [2.05, 4.69) is 22.3 Å². The first-order valence-electron chi connectivity index (χ1n) is 8.62. The molecule has 0 amide bonds. The molecule has 0 unspecified atom stereocenters. The summed E-state index contributed by atoms with van der Waals surface area (Å²) in [6.07, 6.45) is 0. The molecule has 6 nitrogen and oxygen atoms in total. The molecule has 1 heterocycles. The topological polar surface area (TPSA) is 91.8 Å². The van der Waals surface area contributed by atoms with Crippen LogP contribution < -0.4 is 9.47 Å². The lowest BCUT2D eigenvalue weighted by atomic mass is 10.2. The number of nitriles is 2. The number of aromatic nitrogens is 2. The molecule has 0 N–H and O–H groups in total. The number of hydrogen-bond donors (Lipinski definition) is 0. The van der Waals surface area contributed by atoms with Crippen molar-refractivity contribution in [2.45, 2.75) is 8.68 Å². The lowest BCUT2D eigenvalue weighted by molar-refractivity contribution is 0.343. The van der Waals surface area contributed by atoms with Gasteiger partial charge in [-0.2, -0.15) is 10.5 Å². The molecule has 0 aliphatic rings. The highest BCUT2D eigenvalue weighted by Crippen LogP contribution is 2.28. The van der Waals surface area contributed by atoms with Gasteiger partial charge in [-0.15, -0.1) is 10.2 Å². The van der Waals surface area contributed by atoms with Crippen molar-refractivity contribution in [2.24, 2.45) is 0 Å². The average molecular weight is 441 g/mol. The van der Waals surface area contributed by atoms with Crippen LogP contribution in [0.4, 0.5) is 0 Å². The van der Waals surface area contributed by atoms with E-state index in [0.29, 0.717) is 24.3 Å². The highest BCUT2D eigenvalue weighted by atomic mass is 32.2. The Bertz CT molecular complexity index is 912. The van der Waals surface area contributed by atoms with Gasteiger partial charge in [0.25, 0.3) is 0 Å². The van der Waals surface area contributed by atoms with Crippen LogP contribution in [0.1, 0.15) is 11.1 Å². The highest BCUT2D eigenvalue weighted by molar-refractivity contribution is 8.03. The van der Waals surface area contributed by atoms with Gasteiger partial charge in [0.1, 0.15) is 11.5 Å². The van der Waals surface area contributed by atoms with Crippen LogP contribution in [0.2, 0.25) is 0 Å². The smallest absolute Gasteiger partial charge is 0.175 e. The Morgan fingerprint density at radius 3 is 1.52 bits per heavy atom. The molecule has 0 bridgehead atoms. The summed E-state index contributed by atoms with van der Waals surface area (Å²) in [5.41, 5.74) is 1.24. The fourth-order valence-electron chi connectivity index (χ4n) is 2.14. The van der Waals surface area contributed by atoms with E-state index >= 15 is 0 Å². The van der Waals surface area contributed by atoms with Crippen LogP contribution in [0, 0.1) is 22.7 Å².